The molecule has 2 N–H and O–H groups in total. The summed E-state index contributed by atoms with van der Waals surface area (Å²) in [6, 6.07) is 7.41. The van der Waals surface area contributed by atoms with Gasteiger partial charge in [-0.3, -0.25) is 9.78 Å². The number of H-pyrrole nitrogens is 1. The van der Waals surface area contributed by atoms with E-state index in [9.17, 15) is 9.90 Å². The zero-order valence-corrected chi connectivity index (χ0v) is 11.8. The molecular formula is C15H17N3O3. The largest absolute Gasteiger partial charge is 0.493 e. The van der Waals surface area contributed by atoms with Crippen LogP contribution in [0.15, 0.2) is 29.1 Å². The van der Waals surface area contributed by atoms with Crippen molar-refractivity contribution in [1.29, 1.82) is 0 Å². The van der Waals surface area contributed by atoms with Crippen LogP contribution in [0.4, 0.5) is 5.95 Å². The van der Waals surface area contributed by atoms with E-state index in [2.05, 4.69) is 9.97 Å². The Bertz CT molecular complexity index is 706. The predicted molar refractivity (Wildman–Crippen MR) is 79.7 cm³/mol. The molecule has 1 aliphatic heterocycles. The fourth-order valence-electron chi connectivity index (χ4n) is 2.44. The highest BCUT2D eigenvalue weighted by Crippen LogP contribution is 2.25. The van der Waals surface area contributed by atoms with Gasteiger partial charge >= 0.3 is 0 Å². The molecule has 3 rings (SSSR count). The van der Waals surface area contributed by atoms with E-state index in [0.717, 1.165) is 5.56 Å². The summed E-state index contributed by atoms with van der Waals surface area (Å²) in [6.45, 7) is 4.40. The zero-order valence-electron chi connectivity index (χ0n) is 11.8. The molecule has 0 amide bonds. The second kappa shape index (κ2) is 5.57. The summed E-state index contributed by atoms with van der Waals surface area (Å²) >= 11 is 0. The number of nitrogens with one attached hydrogen (secondary N) is 1. The van der Waals surface area contributed by atoms with Gasteiger partial charge in [0, 0.05) is 13.1 Å². The second-order valence-corrected chi connectivity index (χ2v) is 5.06. The summed E-state index contributed by atoms with van der Waals surface area (Å²) in [7, 11) is 0. The molecule has 0 radical (unpaired) electrons. The molecular weight excluding hydrogens is 270 g/mol. The minimum absolute atomic E-state index is 0.204. The van der Waals surface area contributed by atoms with E-state index in [0.29, 0.717) is 37.8 Å². The molecule has 0 spiro atoms. The number of ether oxygens (including phenoxy) is 1. The first-order valence-corrected chi connectivity index (χ1v) is 6.88. The van der Waals surface area contributed by atoms with Crippen LogP contribution in [0.2, 0.25) is 0 Å². The van der Waals surface area contributed by atoms with Gasteiger partial charge in [-0.15, -0.1) is 0 Å². The molecule has 1 aliphatic rings. The Morgan fingerprint density at radius 3 is 2.76 bits per heavy atom. The lowest BCUT2D eigenvalue weighted by molar-refractivity contribution is 0.122. The lowest BCUT2D eigenvalue weighted by atomic mass is 10.1. The molecule has 0 saturated carbocycles. The third kappa shape index (κ3) is 2.75. The van der Waals surface area contributed by atoms with E-state index in [1.165, 1.54) is 0 Å². The Kier molecular flexibility index (Phi) is 3.62. The van der Waals surface area contributed by atoms with Crippen LogP contribution in [0, 0.1) is 6.92 Å². The Balaban J connectivity index is 2.02. The van der Waals surface area contributed by atoms with E-state index in [-0.39, 0.29) is 17.0 Å². The third-order valence-corrected chi connectivity index (χ3v) is 3.51. The topological polar surface area (TPSA) is 78.5 Å². The standard InChI is InChI=1S/C15H17N3O3/c1-10-3-2-4-11(9-10)12-13(19)16-15(17-14(12)20)18-5-7-21-8-6-18/h2-4,9H,5-8H2,1H3,(H2,16,17,19,20). The highest BCUT2D eigenvalue weighted by Gasteiger charge is 2.18. The first-order valence-electron chi connectivity index (χ1n) is 6.88. The zero-order chi connectivity index (χ0) is 14.8. The van der Waals surface area contributed by atoms with E-state index in [1.54, 1.807) is 6.07 Å². The number of hydrogen-bond donors (Lipinski definition) is 2. The maximum absolute atomic E-state index is 12.3. The summed E-state index contributed by atoms with van der Waals surface area (Å²) in [4.78, 5) is 21.1. The number of aryl methyl sites for hydroxylation is 1. The molecule has 0 bridgehead atoms. The minimum atomic E-state index is -0.338. The Morgan fingerprint density at radius 2 is 2.10 bits per heavy atom. The van der Waals surface area contributed by atoms with Crippen LogP contribution in [-0.2, 0) is 4.74 Å². The molecule has 6 nitrogen and oxygen atoms in total. The minimum Gasteiger partial charge on any atom is -0.493 e. The molecule has 0 unspecified atom stereocenters. The van der Waals surface area contributed by atoms with Crippen molar-refractivity contribution in [2.24, 2.45) is 0 Å². The normalized spacial score (nSPS) is 15.2. The molecule has 1 fully saturated rings. The average Bonchev–Trinajstić information content (AvgIpc) is 2.47. The smallest absolute Gasteiger partial charge is 0.264 e. The van der Waals surface area contributed by atoms with Crippen LogP contribution in [0.3, 0.4) is 0 Å². The molecule has 1 aromatic carbocycles. The predicted octanol–water partition coefficient (Wildman–Crippen LogP) is 1.29. The van der Waals surface area contributed by atoms with Crippen molar-refractivity contribution in [2.75, 3.05) is 31.2 Å². The van der Waals surface area contributed by atoms with Crippen molar-refractivity contribution < 1.29 is 9.84 Å². The van der Waals surface area contributed by atoms with Crippen LogP contribution in [0.5, 0.6) is 5.88 Å². The monoisotopic (exact) mass is 287 g/mol. The molecule has 1 saturated heterocycles. The Hall–Kier alpha value is -2.34. The second-order valence-electron chi connectivity index (χ2n) is 5.06. The number of aromatic nitrogens is 2. The van der Waals surface area contributed by atoms with Crippen molar-refractivity contribution in [2.45, 2.75) is 6.92 Å². The van der Waals surface area contributed by atoms with Gasteiger partial charge in [0.1, 0.15) is 5.56 Å². The van der Waals surface area contributed by atoms with E-state index in [4.69, 9.17) is 4.74 Å². The van der Waals surface area contributed by atoms with Gasteiger partial charge in [0.05, 0.1) is 13.2 Å². The van der Waals surface area contributed by atoms with Crippen molar-refractivity contribution in [3.05, 3.63) is 40.2 Å². The maximum Gasteiger partial charge on any atom is 0.264 e. The summed E-state index contributed by atoms with van der Waals surface area (Å²) < 4.78 is 5.26. The van der Waals surface area contributed by atoms with Crippen molar-refractivity contribution in [3.8, 4) is 17.0 Å². The van der Waals surface area contributed by atoms with Crippen molar-refractivity contribution in [1.82, 2.24) is 9.97 Å². The first kappa shape index (κ1) is 13.6. The summed E-state index contributed by atoms with van der Waals surface area (Å²) in [5.74, 6) is 0.142. The first-order chi connectivity index (χ1) is 10.1. The van der Waals surface area contributed by atoms with Gasteiger partial charge in [0.25, 0.3) is 5.56 Å². The number of aromatic amines is 1. The van der Waals surface area contributed by atoms with Crippen molar-refractivity contribution in [3.63, 3.8) is 0 Å². The van der Waals surface area contributed by atoms with E-state index < -0.39 is 0 Å². The highest BCUT2D eigenvalue weighted by molar-refractivity contribution is 5.68. The van der Waals surface area contributed by atoms with Gasteiger partial charge < -0.3 is 14.7 Å². The number of nitrogens with zero attached hydrogens (tertiary/aromatic N) is 2. The van der Waals surface area contributed by atoms with Gasteiger partial charge in [-0.05, 0) is 12.5 Å². The SMILES string of the molecule is Cc1cccc(-c2c(O)nc(N3CCOCC3)[nH]c2=O)c1. The van der Waals surface area contributed by atoms with Gasteiger partial charge in [-0.1, -0.05) is 29.8 Å². The van der Waals surface area contributed by atoms with Crippen LogP contribution >= 0.6 is 0 Å². The van der Waals surface area contributed by atoms with Crippen molar-refractivity contribution >= 4 is 5.95 Å². The molecule has 2 heterocycles. The van der Waals surface area contributed by atoms with Crippen LogP contribution < -0.4 is 10.5 Å². The summed E-state index contributed by atoms with van der Waals surface area (Å²) in [5.41, 5.74) is 1.55. The number of hydrogen-bond acceptors (Lipinski definition) is 5. The summed E-state index contributed by atoms with van der Waals surface area (Å²) in [5, 5.41) is 10.2. The molecule has 2 aromatic rings. The van der Waals surface area contributed by atoms with E-state index >= 15 is 0 Å². The Labute approximate surface area is 122 Å². The molecule has 21 heavy (non-hydrogen) atoms. The van der Waals surface area contributed by atoms with Crippen LogP contribution in [0.25, 0.3) is 11.1 Å². The lowest BCUT2D eigenvalue weighted by Crippen LogP contribution is -2.38. The average molecular weight is 287 g/mol. The number of benzene rings is 1. The lowest BCUT2D eigenvalue weighted by Gasteiger charge is -2.27. The van der Waals surface area contributed by atoms with Gasteiger partial charge in [0.2, 0.25) is 11.8 Å². The third-order valence-electron chi connectivity index (χ3n) is 3.51. The van der Waals surface area contributed by atoms with Gasteiger partial charge in [0.15, 0.2) is 0 Å². The number of anilines is 1. The number of morpholine rings is 1. The Morgan fingerprint density at radius 1 is 1.33 bits per heavy atom. The van der Waals surface area contributed by atoms with Crippen LogP contribution in [0.1, 0.15) is 5.56 Å². The molecule has 110 valence electrons. The fraction of sp³-hybridized carbons (Fsp3) is 0.333. The van der Waals surface area contributed by atoms with E-state index in [1.807, 2.05) is 30.0 Å². The molecule has 1 aromatic heterocycles. The van der Waals surface area contributed by atoms with Gasteiger partial charge in [-0.25, -0.2) is 0 Å². The highest BCUT2D eigenvalue weighted by atomic mass is 16.5. The number of rotatable bonds is 2. The fourth-order valence-corrected chi connectivity index (χ4v) is 2.44. The molecule has 0 atom stereocenters. The van der Waals surface area contributed by atoms with Crippen LogP contribution in [-0.4, -0.2) is 41.4 Å². The quantitative estimate of drug-likeness (QED) is 0.870. The summed E-state index contributed by atoms with van der Waals surface area (Å²) in [6.07, 6.45) is 0. The van der Waals surface area contributed by atoms with Gasteiger partial charge in [-0.2, -0.15) is 4.98 Å². The molecule has 6 heteroatoms. The maximum atomic E-state index is 12.3. The number of aromatic hydroxyl groups is 1. The molecule has 0 aliphatic carbocycles.